The SMILES string of the molecule is CCCCCCC/C=C\C/C=C\C/C=C\CCCCCCCCCCCCCCCCCCC(=O)OC(COC(=O)CCCCCCCCCCCCCCCCCCCCCCCCCCCCCCCCCCCCCCCC)COC(OCC[N+](C)(C)C)C(=O)[O-]. The molecule has 0 aliphatic rings. The number of carbonyl (C=O) groups excluding carboxylic acids is 3. The zero-order valence-corrected chi connectivity index (χ0v) is 63.6. The van der Waals surface area contributed by atoms with Gasteiger partial charge in [0.25, 0.3) is 0 Å². The first-order chi connectivity index (χ1) is 46.1. The first kappa shape index (κ1) is 91.5. The summed E-state index contributed by atoms with van der Waals surface area (Å²) in [5.41, 5.74) is 0. The molecule has 0 fully saturated rings. The second-order valence-corrected chi connectivity index (χ2v) is 29.8. The van der Waals surface area contributed by atoms with Crippen LogP contribution in [0, 0.1) is 0 Å². The number of carboxylic acids is 1. The summed E-state index contributed by atoms with van der Waals surface area (Å²) in [6, 6.07) is 0. The molecule has 94 heavy (non-hydrogen) atoms. The van der Waals surface area contributed by atoms with Crippen LogP contribution in [0.4, 0.5) is 0 Å². The summed E-state index contributed by atoms with van der Waals surface area (Å²) < 4.78 is 22.9. The van der Waals surface area contributed by atoms with Crippen LogP contribution in [-0.4, -0.2) is 82.3 Å². The van der Waals surface area contributed by atoms with E-state index in [9.17, 15) is 19.5 Å². The van der Waals surface area contributed by atoms with Crippen LogP contribution in [0.25, 0.3) is 0 Å². The predicted octanol–water partition coefficient (Wildman–Crippen LogP) is 25.3. The Balaban J connectivity index is 3.94. The number of nitrogens with zero attached hydrogens (tertiary/aromatic N) is 1. The minimum Gasteiger partial charge on any atom is -0.545 e. The lowest BCUT2D eigenvalue weighted by atomic mass is 10.0. The van der Waals surface area contributed by atoms with Crippen molar-refractivity contribution in [2.24, 2.45) is 0 Å². The van der Waals surface area contributed by atoms with Crippen LogP contribution in [0.5, 0.6) is 0 Å². The summed E-state index contributed by atoms with van der Waals surface area (Å²) in [5.74, 6) is -2.25. The molecular formula is C85H161NO8. The van der Waals surface area contributed by atoms with Crippen molar-refractivity contribution >= 4 is 17.9 Å². The Morgan fingerprint density at radius 1 is 0.319 bits per heavy atom. The van der Waals surface area contributed by atoms with Gasteiger partial charge in [0.05, 0.1) is 40.3 Å². The molecule has 2 unspecified atom stereocenters. The first-order valence-corrected chi connectivity index (χ1v) is 41.6. The lowest BCUT2D eigenvalue weighted by molar-refractivity contribution is -0.870. The van der Waals surface area contributed by atoms with Crippen LogP contribution in [0.15, 0.2) is 36.5 Å². The Labute approximate surface area is 585 Å². The number of rotatable bonds is 79. The topological polar surface area (TPSA) is 111 Å². The Hall–Kier alpha value is -2.49. The van der Waals surface area contributed by atoms with E-state index in [0.717, 1.165) is 44.9 Å². The average Bonchev–Trinajstić information content (AvgIpc) is 3.76. The lowest BCUT2D eigenvalue weighted by Crippen LogP contribution is -2.44. The molecule has 0 rings (SSSR count). The van der Waals surface area contributed by atoms with Crippen LogP contribution in [-0.2, 0) is 33.3 Å². The van der Waals surface area contributed by atoms with E-state index in [2.05, 4.69) is 50.3 Å². The number of unbranched alkanes of at least 4 members (excludes halogenated alkanes) is 58. The molecule has 0 bridgehead atoms. The van der Waals surface area contributed by atoms with Gasteiger partial charge >= 0.3 is 11.9 Å². The zero-order valence-electron chi connectivity index (χ0n) is 63.6. The van der Waals surface area contributed by atoms with Crippen molar-refractivity contribution in [3.8, 4) is 0 Å². The lowest BCUT2D eigenvalue weighted by Gasteiger charge is -2.26. The molecule has 0 radical (unpaired) electrons. The van der Waals surface area contributed by atoms with Gasteiger partial charge in [-0.2, -0.15) is 0 Å². The monoisotopic (exact) mass is 1320 g/mol. The molecule has 0 aromatic carbocycles. The van der Waals surface area contributed by atoms with Gasteiger partial charge in [-0.1, -0.05) is 403 Å². The third kappa shape index (κ3) is 76.9. The van der Waals surface area contributed by atoms with E-state index >= 15 is 0 Å². The highest BCUT2D eigenvalue weighted by molar-refractivity contribution is 5.70. The highest BCUT2D eigenvalue weighted by Crippen LogP contribution is 2.20. The number of quaternary nitrogens is 1. The molecule has 0 saturated heterocycles. The highest BCUT2D eigenvalue weighted by atomic mass is 16.7. The third-order valence-electron chi connectivity index (χ3n) is 19.1. The molecule has 0 aromatic heterocycles. The van der Waals surface area contributed by atoms with Gasteiger partial charge < -0.3 is 33.3 Å². The van der Waals surface area contributed by atoms with Crippen molar-refractivity contribution in [3.63, 3.8) is 0 Å². The molecule has 0 N–H and O–H groups in total. The average molecular weight is 1330 g/mol. The number of esters is 2. The summed E-state index contributed by atoms with van der Waals surface area (Å²) in [6.07, 6.45) is 95.8. The molecule has 554 valence electrons. The van der Waals surface area contributed by atoms with E-state index in [4.69, 9.17) is 18.9 Å². The van der Waals surface area contributed by atoms with Gasteiger partial charge in [0.2, 0.25) is 0 Å². The van der Waals surface area contributed by atoms with Gasteiger partial charge in [0.1, 0.15) is 13.2 Å². The molecule has 9 heteroatoms. The van der Waals surface area contributed by atoms with Crippen LogP contribution >= 0.6 is 0 Å². The maximum absolute atomic E-state index is 13.0. The van der Waals surface area contributed by atoms with Gasteiger partial charge in [0, 0.05) is 12.8 Å². The maximum Gasteiger partial charge on any atom is 0.306 e. The van der Waals surface area contributed by atoms with Gasteiger partial charge in [-0.05, 0) is 51.4 Å². The summed E-state index contributed by atoms with van der Waals surface area (Å²) in [5, 5.41) is 11.9. The fourth-order valence-electron chi connectivity index (χ4n) is 12.8. The highest BCUT2D eigenvalue weighted by Gasteiger charge is 2.22. The fourth-order valence-corrected chi connectivity index (χ4v) is 12.8. The summed E-state index contributed by atoms with van der Waals surface area (Å²) >= 11 is 0. The Kier molecular flexibility index (Phi) is 74.2. The van der Waals surface area contributed by atoms with Gasteiger partial charge in [-0.15, -0.1) is 0 Å². The van der Waals surface area contributed by atoms with Crippen molar-refractivity contribution in [2.75, 3.05) is 47.5 Å². The van der Waals surface area contributed by atoms with Crippen LogP contribution in [0.1, 0.15) is 431 Å². The van der Waals surface area contributed by atoms with Gasteiger partial charge in [0.15, 0.2) is 12.4 Å². The van der Waals surface area contributed by atoms with Gasteiger partial charge in [-0.25, -0.2) is 0 Å². The minimum absolute atomic E-state index is 0.151. The van der Waals surface area contributed by atoms with Crippen molar-refractivity contribution < 1.29 is 42.9 Å². The zero-order chi connectivity index (χ0) is 68.2. The second kappa shape index (κ2) is 76.3. The molecule has 0 aliphatic carbocycles. The number of carbonyl (C=O) groups is 3. The number of hydrogen-bond donors (Lipinski definition) is 0. The molecule has 0 spiro atoms. The number of hydrogen-bond acceptors (Lipinski definition) is 8. The maximum atomic E-state index is 13.0. The number of aliphatic carboxylic acids is 1. The van der Waals surface area contributed by atoms with Crippen LogP contribution < -0.4 is 5.11 Å². The predicted molar refractivity (Wildman–Crippen MR) is 403 cm³/mol. The summed E-state index contributed by atoms with van der Waals surface area (Å²) in [6.45, 7) is 4.82. The van der Waals surface area contributed by atoms with E-state index in [-0.39, 0.29) is 32.2 Å². The van der Waals surface area contributed by atoms with Crippen molar-refractivity contribution in [1.82, 2.24) is 0 Å². The third-order valence-corrected chi connectivity index (χ3v) is 19.1. The second-order valence-electron chi connectivity index (χ2n) is 29.8. The number of likely N-dealkylation sites (N-methyl/N-ethyl adjacent to an activating group) is 1. The number of carboxylic acid groups (broad SMARTS) is 1. The molecule has 9 nitrogen and oxygen atoms in total. The number of allylic oxidation sites excluding steroid dienone is 6. The molecular weight excluding hydrogens is 1160 g/mol. The largest absolute Gasteiger partial charge is 0.545 e. The van der Waals surface area contributed by atoms with E-state index in [1.165, 1.54) is 353 Å². The Bertz CT molecular complexity index is 1640. The van der Waals surface area contributed by atoms with Crippen LogP contribution in [0.3, 0.4) is 0 Å². The normalized spacial score (nSPS) is 12.7. The van der Waals surface area contributed by atoms with E-state index < -0.39 is 24.3 Å². The smallest absolute Gasteiger partial charge is 0.306 e. The first-order valence-electron chi connectivity index (χ1n) is 41.6. The van der Waals surface area contributed by atoms with Crippen molar-refractivity contribution in [1.29, 1.82) is 0 Å². The van der Waals surface area contributed by atoms with Crippen LogP contribution in [0.2, 0.25) is 0 Å². The number of ether oxygens (including phenoxy) is 4. The van der Waals surface area contributed by atoms with E-state index in [1.807, 2.05) is 21.1 Å². The molecule has 0 heterocycles. The quantitative estimate of drug-likeness (QED) is 0.0195. The molecule has 0 amide bonds. The van der Waals surface area contributed by atoms with E-state index in [1.54, 1.807) is 0 Å². The molecule has 2 atom stereocenters. The van der Waals surface area contributed by atoms with Gasteiger partial charge in [-0.3, -0.25) is 9.59 Å². The standard InChI is InChI=1S/C85H161NO8/c1-6-8-10-12-14-16-18-20-22-24-26-28-30-32-34-36-38-39-40-41-42-43-44-46-47-49-51-53-55-57-59-61-63-65-67-69-71-73-75-82(87)92-79-81(80-93-85(84(89)90)91-78-77-86(3,4)5)94-83(88)76-74-72-70-68-66-64-62-60-58-56-54-52-50-48-45-37-35-33-31-29-27-25-23-21-19-17-15-13-11-9-7-2/h19,21,25,27,31,33,81,85H,6-18,20,22-24,26,28-30,32,34-80H2,1-5H3/b21-19-,27-25-,33-31-. The van der Waals surface area contributed by atoms with E-state index in [0.29, 0.717) is 23.9 Å². The minimum atomic E-state index is -1.62. The molecule has 0 saturated carbocycles. The molecule has 0 aliphatic heterocycles. The summed E-state index contributed by atoms with van der Waals surface area (Å²) in [7, 11) is 5.95. The fraction of sp³-hybridized carbons (Fsp3) is 0.894. The summed E-state index contributed by atoms with van der Waals surface area (Å²) in [4.78, 5) is 37.6. The van der Waals surface area contributed by atoms with Crippen molar-refractivity contribution in [2.45, 2.75) is 444 Å². The Morgan fingerprint density at radius 3 is 0.851 bits per heavy atom. The molecule has 0 aromatic rings. The van der Waals surface area contributed by atoms with Crippen molar-refractivity contribution in [3.05, 3.63) is 36.5 Å². The Morgan fingerprint density at radius 2 is 0.574 bits per heavy atom.